The van der Waals surface area contributed by atoms with Crippen LogP contribution in [-0.2, 0) is 6.11 Å². The van der Waals surface area contributed by atoms with E-state index in [0.29, 0.717) is 5.92 Å². The molecular weight excluding hydrogens is 306 g/mol. The molecule has 2 aromatic rings. The van der Waals surface area contributed by atoms with Crippen molar-refractivity contribution in [3.8, 4) is 5.75 Å². The van der Waals surface area contributed by atoms with Gasteiger partial charge in [-0.2, -0.15) is 8.78 Å². The second-order valence-electron chi connectivity index (χ2n) is 6.79. The summed E-state index contributed by atoms with van der Waals surface area (Å²) in [6.45, 7) is 4.10. The SMILES string of the molecule is C[C]1CCC(c2ccc(C(F)(F)Oc3ccc(C)cc3)cc2)CC1. The molecule has 3 rings (SSSR count). The monoisotopic (exact) mass is 329 g/mol. The Morgan fingerprint density at radius 1 is 0.875 bits per heavy atom. The number of hydrogen-bond acceptors (Lipinski definition) is 1. The highest BCUT2D eigenvalue weighted by molar-refractivity contribution is 5.31. The summed E-state index contributed by atoms with van der Waals surface area (Å²) in [5.41, 5.74) is 2.05. The second-order valence-corrected chi connectivity index (χ2v) is 6.79. The van der Waals surface area contributed by atoms with Crippen molar-refractivity contribution in [1.82, 2.24) is 0 Å². The summed E-state index contributed by atoms with van der Waals surface area (Å²) in [6.07, 6.45) is 1.17. The van der Waals surface area contributed by atoms with Gasteiger partial charge >= 0.3 is 6.11 Å². The van der Waals surface area contributed by atoms with E-state index in [4.69, 9.17) is 4.74 Å². The highest BCUT2D eigenvalue weighted by Gasteiger charge is 2.34. The van der Waals surface area contributed by atoms with Crippen molar-refractivity contribution >= 4 is 0 Å². The minimum atomic E-state index is -3.33. The molecule has 1 saturated carbocycles. The molecule has 1 aliphatic rings. The zero-order valence-electron chi connectivity index (χ0n) is 14.2. The zero-order chi connectivity index (χ0) is 17.2. The third-order valence-electron chi connectivity index (χ3n) is 4.82. The first-order valence-electron chi connectivity index (χ1n) is 8.49. The van der Waals surface area contributed by atoms with E-state index in [-0.39, 0.29) is 11.3 Å². The van der Waals surface area contributed by atoms with Crippen molar-refractivity contribution in [3.63, 3.8) is 0 Å². The summed E-state index contributed by atoms with van der Waals surface area (Å²) in [7, 11) is 0. The molecule has 1 nitrogen and oxygen atoms in total. The molecule has 127 valence electrons. The van der Waals surface area contributed by atoms with Gasteiger partial charge in [-0.1, -0.05) is 36.8 Å². The molecule has 0 N–H and O–H groups in total. The zero-order valence-corrected chi connectivity index (χ0v) is 14.2. The van der Waals surface area contributed by atoms with Crippen molar-refractivity contribution in [2.75, 3.05) is 0 Å². The fraction of sp³-hybridized carbons (Fsp3) is 0.381. The number of aryl methyl sites for hydroxylation is 1. The minimum Gasteiger partial charge on any atom is -0.429 e. The molecule has 1 radical (unpaired) electrons. The molecule has 1 fully saturated rings. The highest BCUT2D eigenvalue weighted by Crippen LogP contribution is 2.38. The Morgan fingerprint density at radius 2 is 1.46 bits per heavy atom. The number of alkyl halides is 2. The highest BCUT2D eigenvalue weighted by atomic mass is 19.3. The van der Waals surface area contributed by atoms with Gasteiger partial charge in [-0.05, 0) is 74.3 Å². The lowest BCUT2D eigenvalue weighted by Crippen LogP contribution is -2.22. The fourth-order valence-corrected chi connectivity index (χ4v) is 3.21. The van der Waals surface area contributed by atoms with Crippen LogP contribution in [0.1, 0.15) is 55.2 Å². The Hall–Kier alpha value is -1.90. The lowest BCUT2D eigenvalue weighted by atomic mass is 9.79. The quantitative estimate of drug-likeness (QED) is 0.633. The predicted octanol–water partition coefficient (Wildman–Crippen LogP) is 6.38. The van der Waals surface area contributed by atoms with E-state index in [1.54, 1.807) is 30.2 Å². The lowest BCUT2D eigenvalue weighted by molar-refractivity contribution is -0.185. The van der Waals surface area contributed by atoms with Gasteiger partial charge in [0.25, 0.3) is 0 Å². The molecule has 24 heavy (non-hydrogen) atoms. The second kappa shape index (κ2) is 6.92. The van der Waals surface area contributed by atoms with Gasteiger partial charge in [-0.15, -0.1) is 0 Å². The van der Waals surface area contributed by atoms with E-state index in [0.717, 1.165) is 36.8 Å². The summed E-state index contributed by atoms with van der Waals surface area (Å²) in [6, 6.07) is 13.3. The first kappa shape index (κ1) is 16.9. The molecule has 1 aliphatic carbocycles. The van der Waals surface area contributed by atoms with Crippen molar-refractivity contribution < 1.29 is 13.5 Å². The Balaban J connectivity index is 1.70. The van der Waals surface area contributed by atoms with E-state index >= 15 is 0 Å². The van der Waals surface area contributed by atoms with Crippen LogP contribution in [0.5, 0.6) is 5.75 Å². The Bertz CT molecular complexity index is 653. The Labute approximate surface area is 142 Å². The van der Waals surface area contributed by atoms with Crippen LogP contribution in [0.15, 0.2) is 48.5 Å². The fourth-order valence-electron chi connectivity index (χ4n) is 3.21. The maximum absolute atomic E-state index is 14.3. The topological polar surface area (TPSA) is 9.23 Å². The van der Waals surface area contributed by atoms with Crippen molar-refractivity contribution in [3.05, 3.63) is 71.1 Å². The average molecular weight is 329 g/mol. The molecule has 0 amide bonds. The summed E-state index contributed by atoms with van der Waals surface area (Å²) < 4.78 is 33.6. The third kappa shape index (κ3) is 3.95. The summed E-state index contributed by atoms with van der Waals surface area (Å²) in [5, 5.41) is 0. The van der Waals surface area contributed by atoms with Gasteiger partial charge in [0.05, 0.1) is 5.56 Å². The number of benzene rings is 2. The van der Waals surface area contributed by atoms with Gasteiger partial charge < -0.3 is 4.74 Å². The molecule has 0 heterocycles. The van der Waals surface area contributed by atoms with Crippen LogP contribution in [0.25, 0.3) is 0 Å². The summed E-state index contributed by atoms with van der Waals surface area (Å²) in [4.78, 5) is 0. The average Bonchev–Trinajstić information content (AvgIpc) is 2.58. The molecule has 3 heteroatoms. The molecule has 0 saturated heterocycles. The molecule has 0 aromatic heterocycles. The van der Waals surface area contributed by atoms with E-state index in [1.165, 1.54) is 12.1 Å². The maximum atomic E-state index is 14.3. The molecule has 0 bridgehead atoms. The van der Waals surface area contributed by atoms with Gasteiger partial charge in [0.1, 0.15) is 5.75 Å². The van der Waals surface area contributed by atoms with Gasteiger partial charge in [0, 0.05) is 0 Å². The number of rotatable bonds is 4. The smallest absolute Gasteiger partial charge is 0.426 e. The van der Waals surface area contributed by atoms with Crippen LogP contribution in [0.2, 0.25) is 0 Å². The van der Waals surface area contributed by atoms with Crippen LogP contribution in [-0.4, -0.2) is 0 Å². The Kier molecular flexibility index (Phi) is 4.88. The van der Waals surface area contributed by atoms with Gasteiger partial charge in [0.2, 0.25) is 0 Å². The number of ether oxygens (including phenoxy) is 1. The molecule has 0 atom stereocenters. The standard InChI is InChI=1S/C21H23F2O/c1-15-3-7-17(8-4-15)18-9-11-19(12-10-18)21(22,23)24-20-13-5-16(2)6-14-20/h5-6,9-14,17H,3-4,7-8H2,1-2H3. The minimum absolute atomic E-state index is 0.106. The first-order chi connectivity index (χ1) is 11.4. The van der Waals surface area contributed by atoms with Gasteiger partial charge in [-0.25, -0.2) is 0 Å². The number of hydrogen-bond donors (Lipinski definition) is 0. The van der Waals surface area contributed by atoms with Crippen LogP contribution in [0, 0.1) is 12.8 Å². The predicted molar refractivity (Wildman–Crippen MR) is 92.3 cm³/mol. The molecule has 0 spiro atoms. The van der Waals surface area contributed by atoms with E-state index in [2.05, 4.69) is 6.92 Å². The van der Waals surface area contributed by atoms with Crippen molar-refractivity contribution in [2.45, 2.75) is 51.6 Å². The molecule has 2 aromatic carbocycles. The van der Waals surface area contributed by atoms with E-state index in [9.17, 15) is 8.78 Å². The van der Waals surface area contributed by atoms with E-state index in [1.807, 2.05) is 19.1 Å². The van der Waals surface area contributed by atoms with E-state index < -0.39 is 6.11 Å². The Morgan fingerprint density at radius 3 is 2.04 bits per heavy atom. The third-order valence-corrected chi connectivity index (χ3v) is 4.82. The first-order valence-corrected chi connectivity index (χ1v) is 8.49. The molecule has 0 aliphatic heterocycles. The van der Waals surface area contributed by atoms with Crippen LogP contribution >= 0.6 is 0 Å². The van der Waals surface area contributed by atoms with Crippen LogP contribution < -0.4 is 4.74 Å². The maximum Gasteiger partial charge on any atom is 0.426 e. The van der Waals surface area contributed by atoms with Crippen molar-refractivity contribution in [1.29, 1.82) is 0 Å². The largest absolute Gasteiger partial charge is 0.429 e. The number of halogens is 2. The normalized spacial score (nSPS) is 17.0. The van der Waals surface area contributed by atoms with Crippen LogP contribution in [0.4, 0.5) is 8.78 Å². The van der Waals surface area contributed by atoms with Crippen molar-refractivity contribution in [2.24, 2.45) is 0 Å². The summed E-state index contributed by atoms with van der Waals surface area (Å²) in [5.74, 6) is 2.20. The summed E-state index contributed by atoms with van der Waals surface area (Å²) >= 11 is 0. The van der Waals surface area contributed by atoms with Gasteiger partial charge in [0.15, 0.2) is 0 Å². The molecule has 0 unspecified atom stereocenters. The lowest BCUT2D eigenvalue weighted by Gasteiger charge is -2.26. The van der Waals surface area contributed by atoms with Crippen LogP contribution in [0.3, 0.4) is 0 Å². The van der Waals surface area contributed by atoms with Gasteiger partial charge in [-0.3, -0.25) is 0 Å². The molecular formula is C21H23F2O.